The zero-order valence-electron chi connectivity index (χ0n) is 11.7. The van der Waals surface area contributed by atoms with Crippen LogP contribution in [0.3, 0.4) is 0 Å². The van der Waals surface area contributed by atoms with Crippen LogP contribution in [-0.4, -0.2) is 34.3 Å². The highest BCUT2D eigenvalue weighted by Crippen LogP contribution is 2.19. The molecule has 102 valence electrons. The zero-order chi connectivity index (χ0) is 13.7. The number of hydrogen-bond acceptors (Lipinski definition) is 3. The number of rotatable bonds is 6. The third-order valence-electron chi connectivity index (χ3n) is 3.48. The number of aromatic nitrogens is 2. The van der Waals surface area contributed by atoms with Crippen LogP contribution in [0.25, 0.3) is 5.69 Å². The molecule has 2 aromatic rings. The van der Waals surface area contributed by atoms with E-state index in [2.05, 4.69) is 30.0 Å². The van der Waals surface area contributed by atoms with Gasteiger partial charge >= 0.3 is 0 Å². The molecule has 0 aliphatic rings. The Morgan fingerprint density at radius 3 is 2.47 bits per heavy atom. The SMILES string of the molecule is CCN(CC)C(CN)c1cnn(-c2ccccc2)c1. The van der Waals surface area contributed by atoms with Gasteiger partial charge in [0.15, 0.2) is 0 Å². The van der Waals surface area contributed by atoms with Gasteiger partial charge < -0.3 is 5.73 Å². The molecule has 0 fully saturated rings. The molecule has 0 saturated heterocycles. The van der Waals surface area contributed by atoms with E-state index in [1.54, 1.807) is 0 Å². The highest BCUT2D eigenvalue weighted by Gasteiger charge is 2.17. The van der Waals surface area contributed by atoms with Crippen molar-refractivity contribution in [1.82, 2.24) is 14.7 Å². The average molecular weight is 258 g/mol. The third kappa shape index (κ3) is 3.03. The fourth-order valence-corrected chi connectivity index (χ4v) is 2.39. The van der Waals surface area contributed by atoms with Crippen LogP contribution in [0.4, 0.5) is 0 Å². The largest absolute Gasteiger partial charge is 0.329 e. The molecule has 1 aromatic heterocycles. The van der Waals surface area contributed by atoms with Gasteiger partial charge in [0.25, 0.3) is 0 Å². The molecule has 4 heteroatoms. The summed E-state index contributed by atoms with van der Waals surface area (Å²) in [6, 6.07) is 10.4. The molecule has 0 bridgehead atoms. The van der Waals surface area contributed by atoms with Gasteiger partial charge in [-0.25, -0.2) is 4.68 Å². The van der Waals surface area contributed by atoms with Crippen LogP contribution in [-0.2, 0) is 0 Å². The number of nitrogens with zero attached hydrogens (tertiary/aromatic N) is 3. The van der Waals surface area contributed by atoms with E-state index in [1.807, 2.05) is 41.2 Å². The van der Waals surface area contributed by atoms with Crippen molar-refractivity contribution in [2.24, 2.45) is 5.73 Å². The molecule has 0 aliphatic carbocycles. The lowest BCUT2D eigenvalue weighted by Gasteiger charge is -2.27. The van der Waals surface area contributed by atoms with E-state index < -0.39 is 0 Å². The van der Waals surface area contributed by atoms with E-state index >= 15 is 0 Å². The number of nitrogens with two attached hydrogens (primary N) is 1. The topological polar surface area (TPSA) is 47.1 Å². The molecular weight excluding hydrogens is 236 g/mol. The van der Waals surface area contributed by atoms with E-state index in [0.717, 1.165) is 18.8 Å². The summed E-state index contributed by atoms with van der Waals surface area (Å²) in [7, 11) is 0. The van der Waals surface area contributed by atoms with Gasteiger partial charge in [0.1, 0.15) is 0 Å². The first-order chi connectivity index (χ1) is 9.30. The molecular formula is C15H22N4. The minimum Gasteiger partial charge on any atom is -0.329 e. The molecule has 0 amide bonds. The maximum Gasteiger partial charge on any atom is 0.0645 e. The Hall–Kier alpha value is -1.65. The molecule has 1 atom stereocenters. The highest BCUT2D eigenvalue weighted by atomic mass is 15.3. The van der Waals surface area contributed by atoms with E-state index in [0.29, 0.717) is 6.54 Å². The van der Waals surface area contributed by atoms with Crippen molar-refractivity contribution < 1.29 is 0 Å². The summed E-state index contributed by atoms with van der Waals surface area (Å²) < 4.78 is 1.90. The second kappa shape index (κ2) is 6.50. The summed E-state index contributed by atoms with van der Waals surface area (Å²) >= 11 is 0. The predicted octanol–water partition coefficient (Wildman–Crippen LogP) is 2.21. The number of para-hydroxylation sites is 1. The normalized spacial score (nSPS) is 12.8. The third-order valence-corrected chi connectivity index (χ3v) is 3.48. The summed E-state index contributed by atoms with van der Waals surface area (Å²) in [4.78, 5) is 2.35. The Morgan fingerprint density at radius 1 is 1.21 bits per heavy atom. The van der Waals surface area contributed by atoms with Crippen molar-refractivity contribution >= 4 is 0 Å². The minimum atomic E-state index is 0.243. The van der Waals surface area contributed by atoms with E-state index in [1.165, 1.54) is 5.56 Å². The van der Waals surface area contributed by atoms with E-state index in [4.69, 9.17) is 5.73 Å². The molecule has 0 aliphatic heterocycles. The zero-order valence-corrected chi connectivity index (χ0v) is 11.7. The fourth-order valence-electron chi connectivity index (χ4n) is 2.39. The van der Waals surface area contributed by atoms with Crippen molar-refractivity contribution in [3.05, 3.63) is 48.3 Å². The molecule has 4 nitrogen and oxygen atoms in total. The Morgan fingerprint density at radius 2 is 1.89 bits per heavy atom. The molecule has 1 aromatic carbocycles. The Labute approximate surface area is 114 Å². The summed E-state index contributed by atoms with van der Waals surface area (Å²) in [5, 5.41) is 4.44. The summed E-state index contributed by atoms with van der Waals surface area (Å²) in [5.41, 5.74) is 8.18. The smallest absolute Gasteiger partial charge is 0.0645 e. The molecule has 1 heterocycles. The second-order valence-electron chi connectivity index (χ2n) is 4.53. The van der Waals surface area contributed by atoms with Crippen molar-refractivity contribution in [1.29, 1.82) is 0 Å². The lowest BCUT2D eigenvalue weighted by molar-refractivity contribution is 0.224. The Bertz CT molecular complexity index is 488. The van der Waals surface area contributed by atoms with Crippen LogP contribution in [0.5, 0.6) is 0 Å². The van der Waals surface area contributed by atoms with Gasteiger partial charge in [-0.05, 0) is 25.2 Å². The van der Waals surface area contributed by atoms with Crippen molar-refractivity contribution in [2.45, 2.75) is 19.9 Å². The van der Waals surface area contributed by atoms with Crippen LogP contribution in [0.1, 0.15) is 25.5 Å². The Balaban J connectivity index is 2.24. The first kappa shape index (κ1) is 13.8. The average Bonchev–Trinajstić information content (AvgIpc) is 2.95. The van der Waals surface area contributed by atoms with Gasteiger partial charge in [0.2, 0.25) is 0 Å². The summed E-state index contributed by atoms with van der Waals surface area (Å²) in [5.74, 6) is 0. The van der Waals surface area contributed by atoms with Gasteiger partial charge in [0.05, 0.1) is 17.9 Å². The molecule has 0 saturated carbocycles. The standard InChI is InChI=1S/C15H22N4/c1-3-18(4-2)15(10-16)13-11-17-19(12-13)14-8-6-5-7-9-14/h5-9,11-12,15H,3-4,10,16H2,1-2H3. The van der Waals surface area contributed by atoms with Crippen LogP contribution < -0.4 is 5.73 Å². The molecule has 0 spiro atoms. The number of hydrogen-bond donors (Lipinski definition) is 1. The lowest BCUT2D eigenvalue weighted by atomic mass is 10.1. The molecule has 2 rings (SSSR count). The monoisotopic (exact) mass is 258 g/mol. The number of benzene rings is 1. The highest BCUT2D eigenvalue weighted by molar-refractivity contribution is 5.31. The van der Waals surface area contributed by atoms with E-state index in [-0.39, 0.29) is 6.04 Å². The predicted molar refractivity (Wildman–Crippen MR) is 78.3 cm³/mol. The van der Waals surface area contributed by atoms with Gasteiger partial charge in [-0.3, -0.25) is 4.90 Å². The van der Waals surface area contributed by atoms with Crippen molar-refractivity contribution in [3.63, 3.8) is 0 Å². The van der Waals surface area contributed by atoms with Gasteiger partial charge in [-0.15, -0.1) is 0 Å². The van der Waals surface area contributed by atoms with E-state index in [9.17, 15) is 0 Å². The number of likely N-dealkylation sites (N-methyl/N-ethyl adjacent to an activating group) is 1. The maximum atomic E-state index is 5.93. The lowest BCUT2D eigenvalue weighted by Crippen LogP contribution is -2.33. The van der Waals surface area contributed by atoms with Gasteiger partial charge in [-0.1, -0.05) is 32.0 Å². The Kier molecular flexibility index (Phi) is 4.71. The van der Waals surface area contributed by atoms with Crippen LogP contribution in [0.2, 0.25) is 0 Å². The second-order valence-corrected chi connectivity index (χ2v) is 4.53. The first-order valence-corrected chi connectivity index (χ1v) is 6.84. The molecule has 1 unspecified atom stereocenters. The quantitative estimate of drug-likeness (QED) is 0.864. The van der Waals surface area contributed by atoms with Crippen LogP contribution in [0, 0.1) is 0 Å². The molecule has 2 N–H and O–H groups in total. The molecule has 19 heavy (non-hydrogen) atoms. The summed E-state index contributed by atoms with van der Waals surface area (Å²) in [6.07, 6.45) is 3.99. The fraction of sp³-hybridized carbons (Fsp3) is 0.400. The van der Waals surface area contributed by atoms with Crippen molar-refractivity contribution in [2.75, 3.05) is 19.6 Å². The first-order valence-electron chi connectivity index (χ1n) is 6.84. The van der Waals surface area contributed by atoms with Gasteiger partial charge in [-0.2, -0.15) is 5.10 Å². The van der Waals surface area contributed by atoms with Crippen LogP contribution >= 0.6 is 0 Å². The van der Waals surface area contributed by atoms with Gasteiger partial charge in [0, 0.05) is 18.3 Å². The maximum absolute atomic E-state index is 5.93. The van der Waals surface area contributed by atoms with Crippen molar-refractivity contribution in [3.8, 4) is 5.69 Å². The molecule has 0 radical (unpaired) electrons. The summed E-state index contributed by atoms with van der Waals surface area (Å²) in [6.45, 7) is 6.92. The van der Waals surface area contributed by atoms with Crippen LogP contribution in [0.15, 0.2) is 42.7 Å². The minimum absolute atomic E-state index is 0.243.